The number of aliphatic hydroxyl groups excluding tert-OH is 1. The summed E-state index contributed by atoms with van der Waals surface area (Å²) in [5, 5.41) is 9.69. The van der Waals surface area contributed by atoms with Crippen molar-refractivity contribution in [3.05, 3.63) is 64.5 Å². The van der Waals surface area contributed by atoms with Gasteiger partial charge >= 0.3 is 12.1 Å². The van der Waals surface area contributed by atoms with Gasteiger partial charge in [0.15, 0.2) is 10.8 Å². The van der Waals surface area contributed by atoms with E-state index in [0.717, 1.165) is 30.6 Å². The average Bonchev–Trinajstić information content (AvgIpc) is 3.05. The number of benzene rings is 2. The summed E-state index contributed by atoms with van der Waals surface area (Å²) in [5.74, 6) is -1.65. The number of esters is 1. The Morgan fingerprint density at radius 1 is 1.21 bits per heavy atom. The maximum absolute atomic E-state index is 12.9. The van der Waals surface area contributed by atoms with Crippen LogP contribution in [0.25, 0.3) is 10.2 Å². The SMILES string of the molecule is COC(=O)C(CO)n1/c(=N/C(=O)c2cccc(C(F)(F)F)c2)sc2ccccc21. The van der Waals surface area contributed by atoms with Gasteiger partial charge in [-0.3, -0.25) is 9.36 Å². The number of ether oxygens (including phenoxy) is 1. The zero-order chi connectivity index (χ0) is 21.2. The van der Waals surface area contributed by atoms with Crippen LogP contribution in [0.2, 0.25) is 0 Å². The van der Waals surface area contributed by atoms with Crippen LogP contribution in [0.3, 0.4) is 0 Å². The van der Waals surface area contributed by atoms with Crippen molar-refractivity contribution < 1.29 is 32.6 Å². The van der Waals surface area contributed by atoms with Crippen LogP contribution in [0, 0.1) is 0 Å². The van der Waals surface area contributed by atoms with Crippen LogP contribution in [-0.4, -0.2) is 35.3 Å². The Morgan fingerprint density at radius 3 is 2.59 bits per heavy atom. The van der Waals surface area contributed by atoms with E-state index in [1.54, 1.807) is 24.3 Å². The molecule has 0 saturated heterocycles. The first-order valence-electron chi connectivity index (χ1n) is 8.31. The van der Waals surface area contributed by atoms with Crippen LogP contribution < -0.4 is 4.80 Å². The van der Waals surface area contributed by atoms with Crippen LogP contribution in [0.15, 0.2) is 53.5 Å². The zero-order valence-corrected chi connectivity index (χ0v) is 15.8. The van der Waals surface area contributed by atoms with Crippen molar-refractivity contribution >= 4 is 33.4 Å². The summed E-state index contributed by atoms with van der Waals surface area (Å²) in [4.78, 5) is 28.6. The van der Waals surface area contributed by atoms with Crippen LogP contribution in [0.5, 0.6) is 0 Å². The van der Waals surface area contributed by atoms with Gasteiger partial charge in [-0.05, 0) is 30.3 Å². The molecule has 0 aliphatic carbocycles. The average molecular weight is 424 g/mol. The van der Waals surface area contributed by atoms with Crippen molar-refractivity contribution in [2.45, 2.75) is 12.2 Å². The molecule has 0 aliphatic heterocycles. The summed E-state index contributed by atoms with van der Waals surface area (Å²) in [5.41, 5.74) is -0.689. The lowest BCUT2D eigenvalue weighted by Gasteiger charge is -2.14. The molecule has 0 bridgehead atoms. The number of aliphatic hydroxyl groups is 1. The molecule has 1 unspecified atom stereocenters. The summed E-state index contributed by atoms with van der Waals surface area (Å²) in [6.45, 7) is -0.613. The summed E-state index contributed by atoms with van der Waals surface area (Å²) in [6.07, 6.45) is -4.60. The number of rotatable bonds is 4. The lowest BCUT2D eigenvalue weighted by molar-refractivity contribution is -0.145. The van der Waals surface area contributed by atoms with Gasteiger partial charge in [0.2, 0.25) is 0 Å². The molecule has 6 nitrogen and oxygen atoms in total. The third kappa shape index (κ3) is 4.22. The van der Waals surface area contributed by atoms with Gasteiger partial charge in [-0.2, -0.15) is 18.2 Å². The fourth-order valence-electron chi connectivity index (χ4n) is 2.75. The largest absolute Gasteiger partial charge is 0.467 e. The predicted molar refractivity (Wildman–Crippen MR) is 99.3 cm³/mol. The topological polar surface area (TPSA) is 80.9 Å². The van der Waals surface area contributed by atoms with Crippen LogP contribution in [0.4, 0.5) is 13.2 Å². The van der Waals surface area contributed by atoms with E-state index in [0.29, 0.717) is 16.3 Å². The zero-order valence-electron chi connectivity index (χ0n) is 15.0. The number of thiazole rings is 1. The Balaban J connectivity index is 2.17. The van der Waals surface area contributed by atoms with E-state index in [2.05, 4.69) is 4.99 Å². The highest BCUT2D eigenvalue weighted by molar-refractivity contribution is 7.16. The van der Waals surface area contributed by atoms with Crippen LogP contribution in [0.1, 0.15) is 22.0 Å². The second kappa shape index (κ2) is 8.18. The highest BCUT2D eigenvalue weighted by Crippen LogP contribution is 2.29. The van der Waals surface area contributed by atoms with Crippen molar-refractivity contribution in [1.29, 1.82) is 0 Å². The number of amides is 1. The molecule has 10 heteroatoms. The lowest BCUT2D eigenvalue weighted by atomic mass is 10.1. The molecule has 0 saturated carbocycles. The molecular formula is C19H15F3N2O4S. The van der Waals surface area contributed by atoms with E-state index in [9.17, 15) is 27.9 Å². The second-order valence-electron chi connectivity index (χ2n) is 5.94. The Hall–Kier alpha value is -2.98. The van der Waals surface area contributed by atoms with Crippen LogP contribution in [-0.2, 0) is 15.7 Å². The maximum Gasteiger partial charge on any atom is 0.416 e. The number of aromatic nitrogens is 1. The molecule has 1 amide bonds. The van der Waals surface area contributed by atoms with Gasteiger partial charge in [0.25, 0.3) is 5.91 Å². The predicted octanol–water partition coefficient (Wildman–Crippen LogP) is 3.17. The Labute approximate surface area is 166 Å². The van der Waals surface area contributed by atoms with Crippen molar-refractivity contribution in [3.63, 3.8) is 0 Å². The lowest BCUT2D eigenvalue weighted by Crippen LogP contribution is -2.31. The molecule has 0 aliphatic rings. The highest BCUT2D eigenvalue weighted by Gasteiger charge is 2.31. The molecule has 0 radical (unpaired) electrons. The summed E-state index contributed by atoms with van der Waals surface area (Å²) in [7, 11) is 1.16. The molecule has 0 spiro atoms. The van der Waals surface area contributed by atoms with E-state index in [4.69, 9.17) is 4.74 Å². The molecule has 3 aromatic rings. The van der Waals surface area contributed by atoms with Gasteiger partial charge in [0, 0.05) is 5.56 Å². The van der Waals surface area contributed by atoms with E-state index >= 15 is 0 Å². The highest BCUT2D eigenvalue weighted by atomic mass is 32.1. The third-order valence-electron chi connectivity index (χ3n) is 4.12. The van der Waals surface area contributed by atoms with E-state index < -0.39 is 36.3 Å². The normalized spacial score (nSPS) is 13.5. The van der Waals surface area contributed by atoms with Crippen molar-refractivity contribution in [3.8, 4) is 0 Å². The summed E-state index contributed by atoms with van der Waals surface area (Å²) < 4.78 is 45.5. The second-order valence-corrected chi connectivity index (χ2v) is 6.95. The van der Waals surface area contributed by atoms with Gasteiger partial charge < -0.3 is 9.84 Å². The standard InChI is InChI=1S/C19H15F3N2O4S/c1-28-17(27)14(10-25)24-13-7-2-3-8-15(13)29-18(24)23-16(26)11-5-4-6-12(9-11)19(20,21)22/h2-9,14,25H,10H2,1H3/b23-18-. The monoisotopic (exact) mass is 424 g/mol. The molecule has 3 rings (SSSR count). The summed E-state index contributed by atoms with van der Waals surface area (Å²) >= 11 is 1.06. The molecule has 2 aromatic carbocycles. The number of methoxy groups -OCH3 is 1. The third-order valence-corrected chi connectivity index (χ3v) is 5.16. The fourth-order valence-corrected chi connectivity index (χ4v) is 3.82. The molecule has 1 heterocycles. The van der Waals surface area contributed by atoms with Crippen LogP contribution >= 0.6 is 11.3 Å². The maximum atomic E-state index is 12.9. The first-order valence-corrected chi connectivity index (χ1v) is 9.13. The van der Waals surface area contributed by atoms with Gasteiger partial charge in [-0.1, -0.05) is 29.5 Å². The smallest absolute Gasteiger partial charge is 0.416 e. The Bertz CT molecular complexity index is 1130. The fraction of sp³-hybridized carbons (Fsp3) is 0.211. The first kappa shape index (κ1) is 20.7. The number of alkyl halides is 3. The number of para-hydroxylation sites is 1. The Morgan fingerprint density at radius 2 is 1.93 bits per heavy atom. The van der Waals surface area contributed by atoms with Crippen molar-refractivity contribution in [1.82, 2.24) is 4.57 Å². The number of fused-ring (bicyclic) bond motifs is 1. The van der Waals surface area contributed by atoms with Crippen molar-refractivity contribution in [2.75, 3.05) is 13.7 Å². The number of hydrogen-bond donors (Lipinski definition) is 1. The molecule has 1 N–H and O–H groups in total. The first-order chi connectivity index (χ1) is 13.8. The minimum absolute atomic E-state index is 0.0538. The number of halogens is 3. The minimum Gasteiger partial charge on any atom is -0.467 e. The quantitative estimate of drug-likeness (QED) is 0.653. The number of hydrogen-bond acceptors (Lipinski definition) is 5. The number of nitrogens with zero attached hydrogens (tertiary/aromatic N) is 2. The molecule has 29 heavy (non-hydrogen) atoms. The Kier molecular flexibility index (Phi) is 5.85. The van der Waals surface area contributed by atoms with Crippen molar-refractivity contribution in [2.24, 2.45) is 4.99 Å². The van der Waals surface area contributed by atoms with E-state index in [-0.39, 0.29) is 10.4 Å². The number of carbonyl (C=O) groups excluding carboxylic acids is 2. The number of carbonyl (C=O) groups is 2. The summed E-state index contributed by atoms with van der Waals surface area (Å²) in [6, 6.07) is 9.61. The molecule has 1 aromatic heterocycles. The van der Waals surface area contributed by atoms with Gasteiger partial charge in [0.1, 0.15) is 0 Å². The van der Waals surface area contributed by atoms with Gasteiger partial charge in [-0.15, -0.1) is 0 Å². The van der Waals surface area contributed by atoms with Gasteiger partial charge in [-0.25, -0.2) is 4.79 Å². The molecular weight excluding hydrogens is 409 g/mol. The molecule has 152 valence electrons. The molecule has 1 atom stereocenters. The molecule has 0 fully saturated rings. The van der Waals surface area contributed by atoms with E-state index in [1.165, 1.54) is 10.6 Å². The minimum atomic E-state index is -4.60. The van der Waals surface area contributed by atoms with Gasteiger partial charge in [0.05, 0.1) is 29.5 Å². The van der Waals surface area contributed by atoms with E-state index in [1.807, 2.05) is 0 Å².